The van der Waals surface area contributed by atoms with Gasteiger partial charge in [-0.2, -0.15) is 23.4 Å². The van der Waals surface area contributed by atoms with Crippen molar-refractivity contribution in [1.82, 2.24) is 19.6 Å². The molecule has 0 saturated carbocycles. The minimum absolute atomic E-state index is 0.0442. The first-order valence-electron chi connectivity index (χ1n) is 5.65. The Kier molecular flexibility index (Phi) is 3.95. The first kappa shape index (κ1) is 15.4. The van der Waals surface area contributed by atoms with E-state index < -0.39 is 17.8 Å². The van der Waals surface area contributed by atoms with Crippen LogP contribution in [-0.2, 0) is 17.6 Å². The molecule has 21 heavy (non-hydrogen) atoms. The summed E-state index contributed by atoms with van der Waals surface area (Å²) in [6.45, 7) is 1.37. The number of carbonyl (C=O) groups excluding carboxylic acids is 1. The van der Waals surface area contributed by atoms with Gasteiger partial charge < -0.3 is 4.74 Å². The van der Waals surface area contributed by atoms with Crippen LogP contribution in [0.3, 0.4) is 0 Å². The Hall–Kier alpha value is -2.03. The van der Waals surface area contributed by atoms with Crippen molar-refractivity contribution in [2.45, 2.75) is 19.8 Å². The molecule has 2 aromatic heterocycles. The van der Waals surface area contributed by atoms with E-state index in [0.717, 1.165) is 10.7 Å². The highest BCUT2D eigenvalue weighted by atomic mass is 35.5. The van der Waals surface area contributed by atoms with Gasteiger partial charge in [-0.05, 0) is 13.0 Å². The van der Waals surface area contributed by atoms with E-state index in [2.05, 4.69) is 14.9 Å². The van der Waals surface area contributed by atoms with Gasteiger partial charge in [-0.15, -0.1) is 0 Å². The number of aryl methyl sites for hydroxylation is 1. The summed E-state index contributed by atoms with van der Waals surface area (Å²) >= 11 is 5.81. The van der Waals surface area contributed by atoms with E-state index in [-0.39, 0.29) is 17.4 Å². The highest BCUT2D eigenvalue weighted by Crippen LogP contribution is 2.28. The second kappa shape index (κ2) is 5.40. The second-order valence-electron chi connectivity index (χ2n) is 4.17. The molecule has 10 heteroatoms. The average molecular weight is 323 g/mol. The standard InChI is InChI=1S/C11H10ClF3N4O2/c1-6-3-8(11(13,14)15)16-19(6)5-18-4-7(12)9(17-18)10(20)21-2/h3-4H,5H2,1-2H3. The van der Waals surface area contributed by atoms with Gasteiger partial charge in [0, 0.05) is 11.9 Å². The van der Waals surface area contributed by atoms with Gasteiger partial charge in [0.1, 0.15) is 6.67 Å². The number of ether oxygens (including phenoxy) is 1. The monoisotopic (exact) mass is 322 g/mol. The minimum atomic E-state index is -4.52. The summed E-state index contributed by atoms with van der Waals surface area (Å²) < 4.78 is 44.5. The molecule has 0 fully saturated rings. The Balaban J connectivity index is 2.27. The zero-order chi connectivity index (χ0) is 15.8. The van der Waals surface area contributed by atoms with Crippen LogP contribution in [-0.4, -0.2) is 32.6 Å². The molecule has 0 bridgehead atoms. The molecule has 2 heterocycles. The van der Waals surface area contributed by atoms with Gasteiger partial charge in [0.25, 0.3) is 0 Å². The summed E-state index contributed by atoms with van der Waals surface area (Å²) in [7, 11) is 1.17. The molecule has 0 aliphatic heterocycles. The zero-order valence-electron chi connectivity index (χ0n) is 11.0. The van der Waals surface area contributed by atoms with Crippen LogP contribution >= 0.6 is 11.6 Å². The number of rotatable bonds is 3. The van der Waals surface area contributed by atoms with E-state index in [1.807, 2.05) is 0 Å². The lowest BCUT2D eigenvalue weighted by Crippen LogP contribution is -2.14. The number of halogens is 4. The summed E-state index contributed by atoms with van der Waals surface area (Å²) in [6, 6.07) is 0.923. The highest BCUT2D eigenvalue weighted by molar-refractivity contribution is 6.33. The van der Waals surface area contributed by atoms with E-state index in [1.54, 1.807) is 0 Å². The van der Waals surface area contributed by atoms with Crippen LogP contribution in [0, 0.1) is 6.92 Å². The molecule has 2 aromatic rings. The van der Waals surface area contributed by atoms with Crippen LogP contribution in [0.5, 0.6) is 0 Å². The number of hydrogen-bond acceptors (Lipinski definition) is 4. The van der Waals surface area contributed by atoms with Gasteiger partial charge in [-0.25, -0.2) is 14.2 Å². The van der Waals surface area contributed by atoms with E-state index in [1.165, 1.54) is 24.9 Å². The first-order chi connectivity index (χ1) is 9.72. The largest absolute Gasteiger partial charge is 0.464 e. The molecule has 2 rings (SSSR count). The second-order valence-corrected chi connectivity index (χ2v) is 4.57. The molecule has 0 atom stereocenters. The maximum atomic E-state index is 12.6. The van der Waals surface area contributed by atoms with Crippen molar-refractivity contribution in [2.24, 2.45) is 0 Å². The number of hydrogen-bond donors (Lipinski definition) is 0. The van der Waals surface area contributed by atoms with Crippen molar-refractivity contribution in [3.8, 4) is 0 Å². The minimum Gasteiger partial charge on any atom is -0.464 e. The smallest absolute Gasteiger partial charge is 0.435 e. The summed E-state index contributed by atoms with van der Waals surface area (Å²) in [5.41, 5.74) is -0.806. The molecule has 6 nitrogen and oxygen atoms in total. The SMILES string of the molecule is COC(=O)c1nn(Cn2nc(C(F)(F)F)cc2C)cc1Cl. The molecule has 0 aliphatic rings. The van der Waals surface area contributed by atoms with E-state index in [0.29, 0.717) is 5.69 Å². The molecule has 0 radical (unpaired) electrons. The van der Waals surface area contributed by atoms with Gasteiger partial charge in [0.15, 0.2) is 11.4 Å². The highest BCUT2D eigenvalue weighted by Gasteiger charge is 2.34. The summed E-state index contributed by atoms with van der Waals surface area (Å²) in [6.07, 6.45) is -3.21. The van der Waals surface area contributed by atoms with Crippen molar-refractivity contribution < 1.29 is 22.7 Å². The average Bonchev–Trinajstić information content (AvgIpc) is 2.93. The van der Waals surface area contributed by atoms with E-state index >= 15 is 0 Å². The quantitative estimate of drug-likeness (QED) is 0.814. The number of alkyl halides is 3. The van der Waals surface area contributed by atoms with Gasteiger partial charge in [0.2, 0.25) is 0 Å². The van der Waals surface area contributed by atoms with Gasteiger partial charge in [-0.1, -0.05) is 11.6 Å². The number of esters is 1. The number of methoxy groups -OCH3 is 1. The molecule has 0 aliphatic carbocycles. The van der Waals surface area contributed by atoms with Crippen molar-refractivity contribution in [1.29, 1.82) is 0 Å². The lowest BCUT2D eigenvalue weighted by molar-refractivity contribution is -0.141. The van der Waals surface area contributed by atoms with Crippen LogP contribution in [0.4, 0.5) is 13.2 Å². The fraction of sp³-hybridized carbons (Fsp3) is 0.364. The number of nitrogens with zero attached hydrogens (tertiary/aromatic N) is 4. The third-order valence-corrected chi connectivity index (χ3v) is 2.92. The molecule has 114 valence electrons. The number of aromatic nitrogens is 4. The summed E-state index contributed by atoms with van der Waals surface area (Å²) in [4.78, 5) is 11.3. The van der Waals surface area contributed by atoms with Crippen molar-refractivity contribution in [3.05, 3.63) is 34.4 Å². The fourth-order valence-electron chi connectivity index (χ4n) is 1.63. The summed E-state index contributed by atoms with van der Waals surface area (Å²) in [5, 5.41) is 7.35. The third kappa shape index (κ3) is 3.18. The Bertz CT molecular complexity index is 678. The molecule has 0 aromatic carbocycles. The van der Waals surface area contributed by atoms with Crippen LogP contribution in [0.15, 0.2) is 12.3 Å². The molecule has 0 saturated heterocycles. The van der Waals surface area contributed by atoms with Crippen molar-refractivity contribution in [2.75, 3.05) is 7.11 Å². The van der Waals surface area contributed by atoms with E-state index in [9.17, 15) is 18.0 Å². The first-order valence-corrected chi connectivity index (χ1v) is 6.03. The molecule has 0 amide bonds. The lowest BCUT2D eigenvalue weighted by atomic mass is 10.4. The van der Waals surface area contributed by atoms with Crippen LogP contribution in [0.25, 0.3) is 0 Å². The van der Waals surface area contributed by atoms with Crippen LogP contribution in [0.2, 0.25) is 5.02 Å². The van der Waals surface area contributed by atoms with Gasteiger partial charge >= 0.3 is 12.1 Å². The molecule has 0 unspecified atom stereocenters. The Morgan fingerprint density at radius 1 is 1.43 bits per heavy atom. The van der Waals surface area contributed by atoms with E-state index in [4.69, 9.17) is 11.6 Å². The maximum absolute atomic E-state index is 12.6. The maximum Gasteiger partial charge on any atom is 0.435 e. The normalized spacial score (nSPS) is 11.7. The number of carbonyl (C=O) groups is 1. The Morgan fingerprint density at radius 3 is 2.62 bits per heavy atom. The Morgan fingerprint density at radius 2 is 2.10 bits per heavy atom. The molecule has 0 N–H and O–H groups in total. The predicted molar refractivity (Wildman–Crippen MR) is 65.9 cm³/mol. The molecule has 0 spiro atoms. The van der Waals surface area contributed by atoms with Crippen LogP contribution in [0.1, 0.15) is 21.9 Å². The van der Waals surface area contributed by atoms with Gasteiger partial charge in [-0.3, -0.25) is 0 Å². The fourth-order valence-corrected chi connectivity index (χ4v) is 1.86. The zero-order valence-corrected chi connectivity index (χ0v) is 11.7. The summed E-state index contributed by atoms with van der Waals surface area (Å²) in [5.74, 6) is -0.730. The van der Waals surface area contributed by atoms with Crippen LogP contribution < -0.4 is 0 Å². The molecular weight excluding hydrogens is 313 g/mol. The Labute approximate surface area is 122 Å². The van der Waals surface area contributed by atoms with Gasteiger partial charge in [0.05, 0.1) is 12.1 Å². The third-order valence-electron chi connectivity index (χ3n) is 2.65. The predicted octanol–water partition coefficient (Wildman–Crippen LogP) is 2.35. The van der Waals surface area contributed by atoms with Crippen molar-refractivity contribution in [3.63, 3.8) is 0 Å². The van der Waals surface area contributed by atoms with Crippen molar-refractivity contribution >= 4 is 17.6 Å². The lowest BCUT2D eigenvalue weighted by Gasteiger charge is -2.04. The molecular formula is C11H10ClF3N4O2. The topological polar surface area (TPSA) is 61.9 Å².